The molecular weight excluding hydrogens is 308 g/mol. The second-order valence-electron chi connectivity index (χ2n) is 4.52. The van der Waals surface area contributed by atoms with Gasteiger partial charge in [0.25, 0.3) is 0 Å². The Kier molecular flexibility index (Phi) is 5.48. The molecule has 4 nitrogen and oxygen atoms in total. The Morgan fingerprint density at radius 3 is 2.68 bits per heavy atom. The maximum Gasteiger partial charge on any atom is 0.166 e. The van der Waals surface area contributed by atoms with E-state index < -0.39 is 0 Å². The molecule has 0 bridgehead atoms. The van der Waals surface area contributed by atoms with Crippen LogP contribution in [0.15, 0.2) is 16.6 Å². The van der Waals surface area contributed by atoms with Gasteiger partial charge in [-0.15, -0.1) is 0 Å². The van der Waals surface area contributed by atoms with Crippen molar-refractivity contribution in [2.45, 2.75) is 13.5 Å². The molecule has 0 unspecified atom stereocenters. The van der Waals surface area contributed by atoms with Gasteiger partial charge in [-0.05, 0) is 19.1 Å². The van der Waals surface area contributed by atoms with E-state index >= 15 is 0 Å². The largest absolute Gasteiger partial charge is 0.493 e. The molecule has 1 heterocycles. The zero-order valence-electron chi connectivity index (χ0n) is 11.5. The van der Waals surface area contributed by atoms with E-state index in [0.29, 0.717) is 6.61 Å². The molecule has 106 valence electrons. The van der Waals surface area contributed by atoms with E-state index in [1.54, 1.807) is 7.11 Å². The molecule has 1 aromatic rings. The van der Waals surface area contributed by atoms with Crippen molar-refractivity contribution in [1.82, 2.24) is 10.2 Å². The van der Waals surface area contributed by atoms with E-state index in [0.717, 1.165) is 48.7 Å². The van der Waals surface area contributed by atoms with Crippen LogP contribution in [0.25, 0.3) is 0 Å². The second kappa shape index (κ2) is 7.12. The first-order valence-electron chi connectivity index (χ1n) is 6.67. The van der Waals surface area contributed by atoms with Crippen molar-refractivity contribution in [3.63, 3.8) is 0 Å². The molecule has 0 aromatic heterocycles. The van der Waals surface area contributed by atoms with Gasteiger partial charge in [0, 0.05) is 42.8 Å². The molecule has 1 aliphatic rings. The third-order valence-electron chi connectivity index (χ3n) is 3.27. The van der Waals surface area contributed by atoms with Crippen molar-refractivity contribution in [3.05, 3.63) is 22.2 Å². The first-order valence-corrected chi connectivity index (χ1v) is 7.46. The Balaban J connectivity index is 2.25. The Morgan fingerprint density at radius 1 is 1.32 bits per heavy atom. The van der Waals surface area contributed by atoms with Gasteiger partial charge in [-0.3, -0.25) is 4.90 Å². The zero-order chi connectivity index (χ0) is 13.7. The topological polar surface area (TPSA) is 33.7 Å². The molecule has 19 heavy (non-hydrogen) atoms. The lowest BCUT2D eigenvalue weighted by atomic mass is 10.1. The summed E-state index contributed by atoms with van der Waals surface area (Å²) in [4.78, 5) is 2.43. The van der Waals surface area contributed by atoms with Crippen LogP contribution in [0, 0.1) is 0 Å². The molecule has 0 amide bonds. The summed E-state index contributed by atoms with van der Waals surface area (Å²) in [6.07, 6.45) is 0. The molecule has 1 fully saturated rings. The highest BCUT2D eigenvalue weighted by Gasteiger charge is 2.18. The van der Waals surface area contributed by atoms with E-state index in [1.807, 2.05) is 19.1 Å². The number of halogens is 1. The molecule has 0 atom stereocenters. The molecule has 1 aliphatic heterocycles. The molecule has 1 aromatic carbocycles. The summed E-state index contributed by atoms with van der Waals surface area (Å²) in [5.41, 5.74) is 1.17. The van der Waals surface area contributed by atoms with Crippen molar-refractivity contribution in [2.75, 3.05) is 39.9 Å². The maximum absolute atomic E-state index is 5.78. The molecule has 1 N–H and O–H groups in total. The van der Waals surface area contributed by atoms with E-state index in [4.69, 9.17) is 9.47 Å². The molecule has 0 spiro atoms. The normalized spacial score (nSPS) is 16.4. The smallest absolute Gasteiger partial charge is 0.166 e. The van der Waals surface area contributed by atoms with Gasteiger partial charge in [0.1, 0.15) is 0 Å². The predicted octanol–water partition coefficient (Wildman–Crippen LogP) is 2.26. The Morgan fingerprint density at radius 2 is 2.05 bits per heavy atom. The number of ether oxygens (including phenoxy) is 2. The van der Waals surface area contributed by atoms with Crippen LogP contribution in [0.2, 0.25) is 0 Å². The van der Waals surface area contributed by atoms with Crippen LogP contribution in [0.4, 0.5) is 0 Å². The lowest BCUT2D eigenvalue weighted by molar-refractivity contribution is 0.226. The molecule has 2 rings (SSSR count). The number of nitrogens with zero attached hydrogens (tertiary/aromatic N) is 1. The number of nitrogens with one attached hydrogen (secondary N) is 1. The maximum atomic E-state index is 5.78. The van der Waals surface area contributed by atoms with Crippen LogP contribution >= 0.6 is 15.9 Å². The summed E-state index contributed by atoms with van der Waals surface area (Å²) in [5, 5.41) is 3.37. The van der Waals surface area contributed by atoms with Gasteiger partial charge in [-0.25, -0.2) is 0 Å². The minimum atomic E-state index is 0.640. The van der Waals surface area contributed by atoms with Gasteiger partial charge >= 0.3 is 0 Å². The summed E-state index contributed by atoms with van der Waals surface area (Å²) in [6, 6.07) is 3.97. The van der Waals surface area contributed by atoms with Crippen LogP contribution in [0.5, 0.6) is 11.5 Å². The van der Waals surface area contributed by atoms with Gasteiger partial charge in [0.2, 0.25) is 0 Å². The predicted molar refractivity (Wildman–Crippen MR) is 80.0 cm³/mol. The highest BCUT2D eigenvalue weighted by Crippen LogP contribution is 2.37. The van der Waals surface area contributed by atoms with Crippen LogP contribution in [0.3, 0.4) is 0 Å². The van der Waals surface area contributed by atoms with Gasteiger partial charge in [0.05, 0.1) is 13.7 Å². The number of methoxy groups -OCH3 is 1. The summed E-state index contributed by atoms with van der Waals surface area (Å²) < 4.78 is 12.3. The van der Waals surface area contributed by atoms with Gasteiger partial charge in [-0.1, -0.05) is 15.9 Å². The first-order chi connectivity index (χ1) is 9.26. The summed E-state index contributed by atoms with van der Waals surface area (Å²) in [5.74, 6) is 1.66. The number of rotatable bonds is 5. The van der Waals surface area contributed by atoms with Gasteiger partial charge < -0.3 is 14.8 Å². The van der Waals surface area contributed by atoms with Crippen molar-refractivity contribution in [2.24, 2.45) is 0 Å². The Labute approximate surface area is 123 Å². The lowest BCUT2D eigenvalue weighted by Crippen LogP contribution is -2.43. The standard InChI is InChI=1S/C14H21BrN2O2/c1-3-19-14-11(10-17-8-6-16-7-9-17)12(15)4-5-13(14)18-2/h4-5,16H,3,6-10H2,1-2H3. The van der Waals surface area contributed by atoms with Crippen LogP contribution in [0.1, 0.15) is 12.5 Å². The third kappa shape index (κ3) is 3.61. The van der Waals surface area contributed by atoms with Crippen LogP contribution in [-0.2, 0) is 6.54 Å². The van der Waals surface area contributed by atoms with Gasteiger partial charge in [0.15, 0.2) is 11.5 Å². The van der Waals surface area contributed by atoms with Gasteiger partial charge in [-0.2, -0.15) is 0 Å². The van der Waals surface area contributed by atoms with Crippen molar-refractivity contribution >= 4 is 15.9 Å². The molecule has 0 saturated carbocycles. The summed E-state index contributed by atoms with van der Waals surface area (Å²) in [6.45, 7) is 7.74. The number of hydrogen-bond donors (Lipinski definition) is 1. The van der Waals surface area contributed by atoms with E-state index in [9.17, 15) is 0 Å². The minimum absolute atomic E-state index is 0.640. The van der Waals surface area contributed by atoms with E-state index in [-0.39, 0.29) is 0 Å². The first kappa shape index (κ1) is 14.6. The number of piperazine rings is 1. The van der Waals surface area contributed by atoms with E-state index in [2.05, 4.69) is 26.1 Å². The Hall–Kier alpha value is -0.780. The third-order valence-corrected chi connectivity index (χ3v) is 4.01. The Bertz CT molecular complexity index is 420. The highest BCUT2D eigenvalue weighted by atomic mass is 79.9. The van der Waals surface area contributed by atoms with Crippen molar-refractivity contribution < 1.29 is 9.47 Å². The fourth-order valence-electron chi connectivity index (χ4n) is 2.29. The highest BCUT2D eigenvalue weighted by molar-refractivity contribution is 9.10. The quantitative estimate of drug-likeness (QED) is 0.899. The second-order valence-corrected chi connectivity index (χ2v) is 5.37. The van der Waals surface area contributed by atoms with Crippen LogP contribution in [-0.4, -0.2) is 44.8 Å². The molecule has 1 saturated heterocycles. The van der Waals surface area contributed by atoms with Crippen LogP contribution < -0.4 is 14.8 Å². The number of benzene rings is 1. The molecular formula is C14H21BrN2O2. The van der Waals surface area contributed by atoms with Crippen molar-refractivity contribution in [3.8, 4) is 11.5 Å². The molecule has 0 aliphatic carbocycles. The zero-order valence-corrected chi connectivity index (χ0v) is 13.1. The average Bonchev–Trinajstić information content (AvgIpc) is 2.44. The fourth-order valence-corrected chi connectivity index (χ4v) is 2.72. The van der Waals surface area contributed by atoms with Crippen molar-refractivity contribution in [1.29, 1.82) is 0 Å². The minimum Gasteiger partial charge on any atom is -0.493 e. The fraction of sp³-hybridized carbons (Fsp3) is 0.571. The average molecular weight is 329 g/mol. The number of hydrogen-bond acceptors (Lipinski definition) is 4. The summed E-state index contributed by atoms with van der Waals surface area (Å²) >= 11 is 3.63. The molecule has 5 heteroatoms. The molecule has 0 radical (unpaired) electrons. The lowest BCUT2D eigenvalue weighted by Gasteiger charge is -2.28. The monoisotopic (exact) mass is 328 g/mol. The SMILES string of the molecule is CCOc1c(OC)ccc(Br)c1CN1CCNCC1. The summed E-state index contributed by atoms with van der Waals surface area (Å²) in [7, 11) is 1.68. The van der Waals surface area contributed by atoms with E-state index in [1.165, 1.54) is 5.56 Å².